The van der Waals surface area contributed by atoms with Gasteiger partial charge in [0, 0.05) is 13.1 Å². The van der Waals surface area contributed by atoms with Crippen molar-refractivity contribution in [2.45, 2.75) is 52.0 Å². The van der Waals surface area contributed by atoms with Crippen molar-refractivity contribution in [3.8, 4) is 0 Å². The van der Waals surface area contributed by atoms with Crippen LogP contribution in [0.1, 0.15) is 45.2 Å². The molecule has 1 atom stereocenters. The predicted molar refractivity (Wildman–Crippen MR) is 74.0 cm³/mol. The van der Waals surface area contributed by atoms with Gasteiger partial charge in [-0.1, -0.05) is 25.5 Å². The van der Waals surface area contributed by atoms with Gasteiger partial charge in [0.1, 0.15) is 0 Å². The summed E-state index contributed by atoms with van der Waals surface area (Å²) >= 11 is 3.44. The molecule has 98 valence electrons. The first kappa shape index (κ1) is 14.6. The predicted octanol–water partition coefficient (Wildman–Crippen LogP) is 2.68. The molecule has 1 rings (SSSR count). The molecule has 0 saturated carbocycles. The van der Waals surface area contributed by atoms with Crippen LogP contribution in [0.25, 0.3) is 0 Å². The van der Waals surface area contributed by atoms with Gasteiger partial charge in [0.05, 0.1) is 5.69 Å². The highest BCUT2D eigenvalue weighted by atomic mass is 79.9. The Morgan fingerprint density at radius 3 is 2.59 bits per heavy atom. The molecule has 0 aliphatic rings. The fourth-order valence-electron chi connectivity index (χ4n) is 1.97. The molecule has 1 N–H and O–H groups in total. The van der Waals surface area contributed by atoms with Crippen molar-refractivity contribution in [2.24, 2.45) is 7.05 Å². The summed E-state index contributed by atoms with van der Waals surface area (Å²) in [4.78, 5) is 0. The van der Waals surface area contributed by atoms with Gasteiger partial charge in [0.2, 0.25) is 0 Å². The molecule has 1 unspecified atom stereocenters. The molecule has 0 radical (unpaired) electrons. The highest BCUT2D eigenvalue weighted by molar-refractivity contribution is 9.10. The van der Waals surface area contributed by atoms with Crippen LogP contribution in [0.2, 0.25) is 0 Å². The Morgan fingerprint density at radius 2 is 2.06 bits per heavy atom. The SMILES string of the molecule is CCCNC(CCC)CCc1c(Br)nnn1C. The lowest BCUT2D eigenvalue weighted by molar-refractivity contribution is 0.443. The monoisotopic (exact) mass is 302 g/mol. The van der Waals surface area contributed by atoms with Crippen LogP contribution in [-0.4, -0.2) is 27.6 Å². The second-order valence-corrected chi connectivity index (χ2v) is 5.18. The average molecular weight is 303 g/mol. The zero-order valence-corrected chi connectivity index (χ0v) is 12.6. The van der Waals surface area contributed by atoms with Crippen molar-refractivity contribution < 1.29 is 0 Å². The van der Waals surface area contributed by atoms with Gasteiger partial charge >= 0.3 is 0 Å². The molecular weight excluding hydrogens is 280 g/mol. The number of halogens is 1. The lowest BCUT2D eigenvalue weighted by Gasteiger charge is -2.17. The third-order valence-electron chi connectivity index (χ3n) is 2.95. The largest absolute Gasteiger partial charge is 0.314 e. The van der Waals surface area contributed by atoms with Crippen LogP contribution in [0.3, 0.4) is 0 Å². The van der Waals surface area contributed by atoms with E-state index in [0.29, 0.717) is 6.04 Å². The highest BCUT2D eigenvalue weighted by Gasteiger charge is 2.11. The molecule has 5 heteroatoms. The van der Waals surface area contributed by atoms with Crippen LogP contribution < -0.4 is 5.32 Å². The third kappa shape index (κ3) is 4.76. The van der Waals surface area contributed by atoms with E-state index in [4.69, 9.17) is 0 Å². The number of nitrogens with zero attached hydrogens (tertiary/aromatic N) is 3. The minimum absolute atomic E-state index is 0.613. The molecule has 0 bridgehead atoms. The Labute approximate surface area is 112 Å². The van der Waals surface area contributed by atoms with Gasteiger partial charge in [-0.2, -0.15) is 0 Å². The van der Waals surface area contributed by atoms with E-state index in [0.717, 1.165) is 24.0 Å². The van der Waals surface area contributed by atoms with Gasteiger partial charge in [0.15, 0.2) is 4.60 Å². The molecular formula is C12H23BrN4. The molecule has 0 aliphatic heterocycles. The van der Waals surface area contributed by atoms with Crippen molar-refractivity contribution in [1.29, 1.82) is 0 Å². The van der Waals surface area contributed by atoms with Gasteiger partial charge in [-0.3, -0.25) is 4.68 Å². The number of rotatable bonds is 8. The van der Waals surface area contributed by atoms with Crippen molar-refractivity contribution in [1.82, 2.24) is 20.3 Å². The molecule has 17 heavy (non-hydrogen) atoms. The minimum Gasteiger partial charge on any atom is -0.314 e. The quantitative estimate of drug-likeness (QED) is 0.803. The molecule has 0 aromatic carbocycles. The molecule has 0 aliphatic carbocycles. The first-order chi connectivity index (χ1) is 8.19. The summed E-state index contributed by atoms with van der Waals surface area (Å²) in [6.45, 7) is 5.55. The van der Waals surface area contributed by atoms with Gasteiger partial charge in [0.25, 0.3) is 0 Å². The summed E-state index contributed by atoms with van der Waals surface area (Å²) in [7, 11) is 1.95. The number of hydrogen-bond donors (Lipinski definition) is 1. The topological polar surface area (TPSA) is 42.7 Å². The molecule has 0 spiro atoms. The fourth-order valence-corrected chi connectivity index (χ4v) is 2.50. The van der Waals surface area contributed by atoms with Crippen LogP contribution >= 0.6 is 15.9 Å². The maximum absolute atomic E-state index is 4.01. The van der Waals surface area contributed by atoms with Crippen molar-refractivity contribution in [3.63, 3.8) is 0 Å². The smallest absolute Gasteiger partial charge is 0.151 e. The van der Waals surface area contributed by atoms with Crippen molar-refractivity contribution in [3.05, 3.63) is 10.3 Å². The molecule has 1 aromatic heterocycles. The number of nitrogens with one attached hydrogen (secondary N) is 1. The Hall–Kier alpha value is -0.420. The molecule has 0 amide bonds. The van der Waals surface area contributed by atoms with Crippen LogP contribution in [0.5, 0.6) is 0 Å². The second kappa shape index (κ2) is 7.82. The number of hydrogen-bond acceptors (Lipinski definition) is 3. The molecule has 0 saturated heterocycles. The normalized spacial score (nSPS) is 12.9. The van der Waals surface area contributed by atoms with Gasteiger partial charge in [-0.25, -0.2) is 0 Å². The first-order valence-corrected chi connectivity index (χ1v) is 7.25. The van der Waals surface area contributed by atoms with Crippen molar-refractivity contribution in [2.75, 3.05) is 6.54 Å². The fraction of sp³-hybridized carbons (Fsp3) is 0.833. The summed E-state index contributed by atoms with van der Waals surface area (Å²) in [6, 6.07) is 0.613. The Bertz CT molecular complexity index is 305. The molecule has 0 fully saturated rings. The van der Waals surface area contributed by atoms with Gasteiger partial charge < -0.3 is 5.32 Å². The van der Waals surface area contributed by atoms with Crippen molar-refractivity contribution >= 4 is 15.9 Å². The molecule has 1 heterocycles. The van der Waals surface area contributed by atoms with Crippen LogP contribution in [0, 0.1) is 0 Å². The number of aryl methyl sites for hydroxylation is 1. The minimum atomic E-state index is 0.613. The summed E-state index contributed by atoms with van der Waals surface area (Å²) in [5.74, 6) is 0. The van der Waals surface area contributed by atoms with E-state index < -0.39 is 0 Å². The third-order valence-corrected chi connectivity index (χ3v) is 3.56. The lowest BCUT2D eigenvalue weighted by Crippen LogP contribution is -2.30. The second-order valence-electron chi connectivity index (χ2n) is 4.43. The zero-order valence-electron chi connectivity index (χ0n) is 11.0. The van der Waals surface area contributed by atoms with Crippen LogP contribution in [0.15, 0.2) is 4.60 Å². The first-order valence-electron chi connectivity index (χ1n) is 6.46. The maximum atomic E-state index is 4.01. The van der Waals surface area contributed by atoms with E-state index in [1.807, 2.05) is 11.7 Å². The van der Waals surface area contributed by atoms with Gasteiger partial charge in [-0.15, -0.1) is 5.10 Å². The average Bonchev–Trinajstić information content (AvgIpc) is 2.63. The summed E-state index contributed by atoms with van der Waals surface area (Å²) < 4.78 is 2.73. The van der Waals surface area contributed by atoms with E-state index in [1.54, 1.807) is 0 Å². The standard InChI is InChI=1S/C12H23BrN4/c1-4-6-10(14-9-5-2)7-8-11-12(13)15-16-17(11)3/h10,14H,4-9H2,1-3H3. The van der Waals surface area contributed by atoms with E-state index in [-0.39, 0.29) is 0 Å². The van der Waals surface area contributed by atoms with Gasteiger partial charge in [-0.05, 0) is 48.2 Å². The highest BCUT2D eigenvalue weighted by Crippen LogP contribution is 2.15. The van der Waals surface area contributed by atoms with Crippen LogP contribution in [-0.2, 0) is 13.5 Å². The van der Waals surface area contributed by atoms with E-state index in [2.05, 4.69) is 45.4 Å². The van der Waals surface area contributed by atoms with E-state index in [9.17, 15) is 0 Å². The summed E-state index contributed by atoms with van der Waals surface area (Å²) in [6.07, 6.45) is 5.82. The lowest BCUT2D eigenvalue weighted by atomic mass is 10.0. The van der Waals surface area contributed by atoms with E-state index >= 15 is 0 Å². The number of aromatic nitrogens is 3. The molecule has 4 nitrogen and oxygen atoms in total. The maximum Gasteiger partial charge on any atom is 0.151 e. The van der Waals surface area contributed by atoms with Crippen LogP contribution in [0.4, 0.5) is 0 Å². The Kier molecular flexibility index (Phi) is 6.73. The molecule has 1 aromatic rings. The Balaban J connectivity index is 2.45. The summed E-state index contributed by atoms with van der Waals surface area (Å²) in [5.41, 5.74) is 1.18. The zero-order chi connectivity index (χ0) is 12.7. The Morgan fingerprint density at radius 1 is 1.29 bits per heavy atom. The summed E-state index contributed by atoms with van der Waals surface area (Å²) in [5, 5.41) is 11.6. The van der Waals surface area contributed by atoms with E-state index in [1.165, 1.54) is 25.0 Å².